The van der Waals surface area contributed by atoms with Crippen molar-refractivity contribution in [1.29, 1.82) is 0 Å². The van der Waals surface area contributed by atoms with Crippen LogP contribution in [0.4, 0.5) is 10.1 Å². The lowest BCUT2D eigenvalue weighted by molar-refractivity contribution is -0.121. The van der Waals surface area contributed by atoms with E-state index in [9.17, 15) is 14.0 Å². The number of rotatable bonds is 6. The maximum atomic E-state index is 13.0. The molecule has 30 heavy (non-hydrogen) atoms. The Kier molecular flexibility index (Phi) is 5.42. The minimum atomic E-state index is -0.535. The van der Waals surface area contributed by atoms with Gasteiger partial charge in [0.1, 0.15) is 11.6 Å². The van der Waals surface area contributed by atoms with E-state index in [1.807, 2.05) is 6.92 Å². The summed E-state index contributed by atoms with van der Waals surface area (Å²) in [4.78, 5) is 30.1. The van der Waals surface area contributed by atoms with E-state index in [4.69, 9.17) is 9.26 Å². The third-order valence-electron chi connectivity index (χ3n) is 4.59. The summed E-state index contributed by atoms with van der Waals surface area (Å²) in [6.45, 7) is 2.78. The number of hydrogen-bond donors (Lipinski definition) is 1. The smallest absolute Gasteiger partial charge is 0.316 e. The van der Waals surface area contributed by atoms with Crippen molar-refractivity contribution in [2.24, 2.45) is 0 Å². The van der Waals surface area contributed by atoms with Gasteiger partial charge in [-0.2, -0.15) is 4.98 Å². The molecule has 2 heterocycles. The molecule has 1 N–H and O–H groups in total. The van der Waals surface area contributed by atoms with Crippen LogP contribution in [0.3, 0.4) is 0 Å². The molecular formula is C21H19FN4O4. The number of carbonyl (C=O) groups excluding carboxylic acids is 2. The zero-order valence-corrected chi connectivity index (χ0v) is 16.2. The van der Waals surface area contributed by atoms with Crippen LogP contribution in [0.15, 0.2) is 47.0 Å². The van der Waals surface area contributed by atoms with Gasteiger partial charge in [0.2, 0.25) is 5.82 Å². The first-order valence-electron chi connectivity index (χ1n) is 9.49. The largest absolute Gasteiger partial charge is 0.482 e. The first-order valence-corrected chi connectivity index (χ1v) is 9.49. The van der Waals surface area contributed by atoms with Crippen LogP contribution in [0, 0.1) is 5.82 Å². The van der Waals surface area contributed by atoms with Gasteiger partial charge in [-0.3, -0.25) is 9.59 Å². The maximum Gasteiger partial charge on any atom is 0.316 e. The van der Waals surface area contributed by atoms with Gasteiger partial charge in [0.05, 0.1) is 5.69 Å². The second kappa shape index (κ2) is 8.32. The average molecular weight is 410 g/mol. The number of halogens is 1. The quantitative estimate of drug-likeness (QED) is 0.671. The summed E-state index contributed by atoms with van der Waals surface area (Å²) in [7, 11) is 0. The van der Waals surface area contributed by atoms with Crippen molar-refractivity contribution in [2.45, 2.75) is 19.9 Å². The Bertz CT molecular complexity index is 1080. The van der Waals surface area contributed by atoms with Crippen LogP contribution in [0.2, 0.25) is 0 Å². The number of ether oxygens (including phenoxy) is 1. The fraction of sp³-hybridized carbons (Fsp3) is 0.238. The van der Waals surface area contributed by atoms with Crippen LogP contribution in [0.5, 0.6) is 5.75 Å². The molecular weight excluding hydrogens is 391 g/mol. The number of nitrogens with one attached hydrogen (secondary N) is 1. The molecule has 0 unspecified atom stereocenters. The standard InChI is InChI=1S/C21H19FN4O4/c1-2-9-26-16-8-5-14(10-17(16)29-12-18(26)27)19-24-21(30-25-19)20(28)23-11-13-3-6-15(22)7-4-13/h3-8,10H,2,9,11-12H2,1H3,(H,23,28). The molecule has 0 aliphatic carbocycles. The molecule has 0 bridgehead atoms. The molecule has 0 atom stereocenters. The van der Waals surface area contributed by atoms with Crippen LogP contribution >= 0.6 is 0 Å². The molecule has 4 rings (SSSR count). The van der Waals surface area contributed by atoms with Gasteiger partial charge in [-0.05, 0) is 42.3 Å². The van der Waals surface area contributed by atoms with Crippen LogP contribution in [0.25, 0.3) is 11.4 Å². The summed E-state index contributed by atoms with van der Waals surface area (Å²) in [6, 6.07) is 11.0. The summed E-state index contributed by atoms with van der Waals surface area (Å²) in [5, 5.41) is 6.51. The molecule has 154 valence electrons. The van der Waals surface area contributed by atoms with Crippen molar-refractivity contribution < 1.29 is 23.2 Å². The number of aromatic nitrogens is 2. The zero-order chi connectivity index (χ0) is 21.1. The monoisotopic (exact) mass is 410 g/mol. The third kappa shape index (κ3) is 4.00. The molecule has 9 heteroatoms. The van der Waals surface area contributed by atoms with Crippen molar-refractivity contribution in [3.63, 3.8) is 0 Å². The second-order valence-corrected chi connectivity index (χ2v) is 6.75. The highest BCUT2D eigenvalue weighted by Gasteiger charge is 2.26. The molecule has 0 spiro atoms. The van der Waals surface area contributed by atoms with E-state index in [0.29, 0.717) is 23.5 Å². The number of hydrogen-bond acceptors (Lipinski definition) is 6. The normalized spacial score (nSPS) is 13.0. The van der Waals surface area contributed by atoms with Gasteiger partial charge in [-0.15, -0.1) is 0 Å². The van der Waals surface area contributed by atoms with Crippen molar-refractivity contribution in [2.75, 3.05) is 18.1 Å². The third-order valence-corrected chi connectivity index (χ3v) is 4.59. The topological polar surface area (TPSA) is 97.6 Å². The average Bonchev–Trinajstić information content (AvgIpc) is 3.25. The predicted octanol–water partition coefficient (Wildman–Crippen LogP) is 2.94. The Morgan fingerprint density at radius 2 is 2.03 bits per heavy atom. The highest BCUT2D eigenvalue weighted by atomic mass is 19.1. The van der Waals surface area contributed by atoms with Crippen molar-refractivity contribution in [3.05, 3.63) is 59.7 Å². The zero-order valence-electron chi connectivity index (χ0n) is 16.2. The molecule has 8 nitrogen and oxygen atoms in total. The van der Waals surface area contributed by atoms with Crippen LogP contribution in [-0.4, -0.2) is 35.1 Å². The Labute approximate surface area is 171 Å². The van der Waals surface area contributed by atoms with E-state index in [-0.39, 0.29) is 36.6 Å². The van der Waals surface area contributed by atoms with Gasteiger partial charge in [-0.25, -0.2) is 4.39 Å². The fourth-order valence-corrected chi connectivity index (χ4v) is 3.11. The summed E-state index contributed by atoms with van der Waals surface area (Å²) in [5.74, 6) is -0.375. The number of anilines is 1. The van der Waals surface area contributed by atoms with E-state index in [0.717, 1.165) is 12.0 Å². The Morgan fingerprint density at radius 1 is 1.23 bits per heavy atom. The number of fused-ring (bicyclic) bond motifs is 1. The Balaban J connectivity index is 1.48. The first-order chi connectivity index (χ1) is 14.5. The molecule has 1 aliphatic heterocycles. The SMILES string of the molecule is CCCN1C(=O)COc2cc(-c3noc(C(=O)NCc4ccc(F)cc4)n3)ccc21. The molecule has 1 aliphatic rings. The number of carbonyl (C=O) groups is 2. The molecule has 2 amide bonds. The summed E-state index contributed by atoms with van der Waals surface area (Å²) < 4.78 is 23.6. The maximum absolute atomic E-state index is 13.0. The highest BCUT2D eigenvalue weighted by molar-refractivity contribution is 5.98. The summed E-state index contributed by atoms with van der Waals surface area (Å²) in [5.41, 5.74) is 2.03. The highest BCUT2D eigenvalue weighted by Crippen LogP contribution is 2.35. The van der Waals surface area contributed by atoms with E-state index < -0.39 is 5.91 Å². The van der Waals surface area contributed by atoms with Crippen molar-refractivity contribution >= 4 is 17.5 Å². The Hall–Kier alpha value is -3.75. The van der Waals surface area contributed by atoms with Gasteiger partial charge in [-0.1, -0.05) is 24.2 Å². The molecule has 3 aromatic rings. The lowest BCUT2D eigenvalue weighted by Crippen LogP contribution is -2.39. The fourth-order valence-electron chi connectivity index (χ4n) is 3.11. The molecule has 0 saturated carbocycles. The Morgan fingerprint density at radius 3 is 2.80 bits per heavy atom. The van der Waals surface area contributed by atoms with Crippen LogP contribution in [-0.2, 0) is 11.3 Å². The van der Waals surface area contributed by atoms with Crippen molar-refractivity contribution in [3.8, 4) is 17.1 Å². The molecule has 1 aromatic heterocycles. The molecule has 0 saturated heterocycles. The lowest BCUT2D eigenvalue weighted by Gasteiger charge is -2.29. The van der Waals surface area contributed by atoms with Gasteiger partial charge < -0.3 is 19.5 Å². The second-order valence-electron chi connectivity index (χ2n) is 6.75. The van der Waals surface area contributed by atoms with Crippen LogP contribution in [0.1, 0.15) is 29.6 Å². The number of benzene rings is 2. The van der Waals surface area contributed by atoms with Crippen molar-refractivity contribution in [1.82, 2.24) is 15.5 Å². The molecule has 0 radical (unpaired) electrons. The molecule has 0 fully saturated rings. The predicted molar refractivity (Wildman–Crippen MR) is 105 cm³/mol. The number of amides is 2. The minimum Gasteiger partial charge on any atom is -0.482 e. The van der Waals surface area contributed by atoms with E-state index >= 15 is 0 Å². The summed E-state index contributed by atoms with van der Waals surface area (Å²) in [6.07, 6.45) is 0.828. The van der Waals surface area contributed by atoms with E-state index in [1.165, 1.54) is 12.1 Å². The van der Waals surface area contributed by atoms with E-state index in [1.54, 1.807) is 35.2 Å². The lowest BCUT2D eigenvalue weighted by atomic mass is 10.1. The molecule has 2 aromatic carbocycles. The summed E-state index contributed by atoms with van der Waals surface area (Å²) >= 11 is 0. The van der Waals surface area contributed by atoms with Gasteiger partial charge in [0, 0.05) is 18.7 Å². The van der Waals surface area contributed by atoms with Crippen LogP contribution < -0.4 is 15.0 Å². The van der Waals surface area contributed by atoms with Gasteiger partial charge in [0.25, 0.3) is 5.91 Å². The minimum absolute atomic E-state index is 0.0280. The van der Waals surface area contributed by atoms with Gasteiger partial charge in [0.15, 0.2) is 6.61 Å². The van der Waals surface area contributed by atoms with E-state index in [2.05, 4.69) is 15.5 Å². The number of nitrogens with zero attached hydrogens (tertiary/aromatic N) is 3. The first kappa shape index (κ1) is 19.6. The van der Waals surface area contributed by atoms with Gasteiger partial charge >= 0.3 is 11.8 Å².